The van der Waals surface area contributed by atoms with Crippen LogP contribution in [0.3, 0.4) is 0 Å². The summed E-state index contributed by atoms with van der Waals surface area (Å²) in [6, 6.07) is 21.4. The molecule has 0 saturated heterocycles. The highest BCUT2D eigenvalue weighted by Crippen LogP contribution is 2.22. The first kappa shape index (κ1) is 17.4. The standard InChI is InChI=1S/C22H18N6/c1-16-20(15-28(27-16)14-18-5-3-2-4-6-18)21-11-12-24-22(26-21)25-19-9-7-17(13-23)8-10-19/h2-12,15H,14H2,1H3,(H,24,25,26). The number of nitrogens with zero attached hydrogens (tertiary/aromatic N) is 5. The molecule has 0 saturated carbocycles. The summed E-state index contributed by atoms with van der Waals surface area (Å²) in [5, 5.41) is 16.7. The lowest BCUT2D eigenvalue weighted by Crippen LogP contribution is -1.99. The normalized spacial score (nSPS) is 10.4. The molecule has 136 valence electrons. The van der Waals surface area contributed by atoms with Crippen LogP contribution in [0.15, 0.2) is 73.1 Å². The Kier molecular flexibility index (Phi) is 4.81. The van der Waals surface area contributed by atoms with E-state index >= 15 is 0 Å². The van der Waals surface area contributed by atoms with Crippen molar-refractivity contribution in [2.24, 2.45) is 0 Å². The Balaban J connectivity index is 1.56. The van der Waals surface area contributed by atoms with E-state index in [1.54, 1.807) is 18.3 Å². The van der Waals surface area contributed by atoms with E-state index in [0.717, 1.165) is 22.6 Å². The monoisotopic (exact) mass is 366 g/mol. The van der Waals surface area contributed by atoms with Crippen LogP contribution in [0.2, 0.25) is 0 Å². The van der Waals surface area contributed by atoms with E-state index in [4.69, 9.17) is 5.26 Å². The maximum Gasteiger partial charge on any atom is 0.227 e. The summed E-state index contributed by atoms with van der Waals surface area (Å²) >= 11 is 0. The first-order chi connectivity index (χ1) is 13.7. The van der Waals surface area contributed by atoms with Gasteiger partial charge in [0, 0.05) is 23.6 Å². The molecule has 1 N–H and O–H groups in total. The van der Waals surface area contributed by atoms with Gasteiger partial charge in [-0.3, -0.25) is 4.68 Å². The largest absolute Gasteiger partial charge is 0.324 e. The summed E-state index contributed by atoms with van der Waals surface area (Å²) in [5.74, 6) is 0.498. The Bertz CT molecular complexity index is 1120. The number of anilines is 2. The second kappa shape index (κ2) is 7.72. The molecule has 28 heavy (non-hydrogen) atoms. The van der Waals surface area contributed by atoms with Crippen LogP contribution in [0.25, 0.3) is 11.3 Å². The van der Waals surface area contributed by atoms with Crippen molar-refractivity contribution in [1.29, 1.82) is 5.26 Å². The molecule has 2 heterocycles. The van der Waals surface area contributed by atoms with Crippen LogP contribution in [0.5, 0.6) is 0 Å². The highest BCUT2D eigenvalue weighted by Gasteiger charge is 2.10. The molecule has 0 spiro atoms. The van der Waals surface area contributed by atoms with Gasteiger partial charge in [0.15, 0.2) is 0 Å². The van der Waals surface area contributed by atoms with Crippen LogP contribution in [-0.2, 0) is 6.54 Å². The van der Waals surface area contributed by atoms with E-state index in [1.807, 2.05) is 54.2 Å². The average Bonchev–Trinajstić information content (AvgIpc) is 3.09. The highest BCUT2D eigenvalue weighted by atomic mass is 15.3. The highest BCUT2D eigenvalue weighted by molar-refractivity contribution is 5.63. The van der Waals surface area contributed by atoms with Crippen molar-refractivity contribution in [3.05, 3.63) is 89.9 Å². The SMILES string of the molecule is Cc1nn(Cc2ccccc2)cc1-c1ccnc(Nc2ccc(C#N)cc2)n1. The molecule has 0 aliphatic carbocycles. The van der Waals surface area contributed by atoms with Gasteiger partial charge >= 0.3 is 0 Å². The molecular formula is C22H18N6. The maximum absolute atomic E-state index is 8.90. The predicted octanol–water partition coefficient (Wildman–Crippen LogP) is 4.31. The van der Waals surface area contributed by atoms with Crippen LogP contribution in [0, 0.1) is 18.3 Å². The molecule has 6 heteroatoms. The molecule has 0 aliphatic rings. The fourth-order valence-electron chi connectivity index (χ4n) is 2.95. The first-order valence-electron chi connectivity index (χ1n) is 8.90. The van der Waals surface area contributed by atoms with Crippen molar-refractivity contribution in [2.75, 3.05) is 5.32 Å². The second-order valence-corrected chi connectivity index (χ2v) is 6.39. The van der Waals surface area contributed by atoms with Gasteiger partial charge in [-0.15, -0.1) is 0 Å². The van der Waals surface area contributed by atoms with Crippen LogP contribution in [0.1, 0.15) is 16.8 Å². The number of hydrogen-bond donors (Lipinski definition) is 1. The number of aromatic nitrogens is 4. The zero-order chi connectivity index (χ0) is 19.3. The molecule has 0 fully saturated rings. The molecule has 2 aromatic heterocycles. The molecule has 0 amide bonds. The zero-order valence-electron chi connectivity index (χ0n) is 15.4. The van der Waals surface area contributed by atoms with Gasteiger partial charge in [-0.05, 0) is 42.8 Å². The summed E-state index contributed by atoms with van der Waals surface area (Å²) in [4.78, 5) is 8.91. The minimum atomic E-state index is 0.498. The summed E-state index contributed by atoms with van der Waals surface area (Å²) in [5.41, 5.74) is 5.33. The smallest absolute Gasteiger partial charge is 0.227 e. The van der Waals surface area contributed by atoms with Gasteiger partial charge in [-0.1, -0.05) is 30.3 Å². The van der Waals surface area contributed by atoms with Crippen LogP contribution < -0.4 is 5.32 Å². The second-order valence-electron chi connectivity index (χ2n) is 6.39. The Morgan fingerprint density at radius 2 is 1.82 bits per heavy atom. The van der Waals surface area contributed by atoms with E-state index in [1.165, 1.54) is 5.56 Å². The fourth-order valence-corrected chi connectivity index (χ4v) is 2.95. The Labute approximate surface area is 163 Å². The van der Waals surface area contributed by atoms with Crippen molar-refractivity contribution in [3.63, 3.8) is 0 Å². The predicted molar refractivity (Wildman–Crippen MR) is 108 cm³/mol. The number of nitrogens with one attached hydrogen (secondary N) is 1. The van der Waals surface area contributed by atoms with Crippen molar-refractivity contribution in [3.8, 4) is 17.3 Å². The first-order valence-corrected chi connectivity index (χ1v) is 8.90. The van der Waals surface area contributed by atoms with Gasteiger partial charge in [0.1, 0.15) is 0 Å². The number of benzene rings is 2. The van der Waals surface area contributed by atoms with Crippen molar-refractivity contribution in [1.82, 2.24) is 19.7 Å². The van der Waals surface area contributed by atoms with E-state index in [2.05, 4.69) is 38.6 Å². The molecule has 0 radical (unpaired) electrons. The molecule has 0 atom stereocenters. The number of hydrogen-bond acceptors (Lipinski definition) is 5. The molecule has 2 aromatic carbocycles. The summed E-state index contributed by atoms with van der Waals surface area (Å²) in [6.45, 7) is 2.69. The minimum Gasteiger partial charge on any atom is -0.324 e. The summed E-state index contributed by atoms with van der Waals surface area (Å²) < 4.78 is 1.93. The minimum absolute atomic E-state index is 0.498. The molecule has 4 rings (SSSR count). The number of aryl methyl sites for hydroxylation is 1. The average molecular weight is 366 g/mol. The van der Waals surface area contributed by atoms with Crippen molar-refractivity contribution >= 4 is 11.6 Å². The van der Waals surface area contributed by atoms with Crippen LogP contribution >= 0.6 is 0 Å². The van der Waals surface area contributed by atoms with Crippen LogP contribution in [-0.4, -0.2) is 19.7 Å². The molecule has 0 bridgehead atoms. The number of nitriles is 1. The quantitative estimate of drug-likeness (QED) is 0.569. The van der Waals surface area contributed by atoms with Crippen LogP contribution in [0.4, 0.5) is 11.6 Å². The lowest BCUT2D eigenvalue weighted by molar-refractivity contribution is 0.679. The van der Waals surface area contributed by atoms with Gasteiger partial charge in [-0.25, -0.2) is 9.97 Å². The Morgan fingerprint density at radius 3 is 2.57 bits per heavy atom. The van der Waals surface area contributed by atoms with Crippen molar-refractivity contribution in [2.45, 2.75) is 13.5 Å². The van der Waals surface area contributed by atoms with E-state index in [0.29, 0.717) is 18.1 Å². The van der Waals surface area contributed by atoms with Gasteiger partial charge in [0.2, 0.25) is 5.95 Å². The van der Waals surface area contributed by atoms with Gasteiger partial charge in [-0.2, -0.15) is 10.4 Å². The molecule has 0 unspecified atom stereocenters. The topological polar surface area (TPSA) is 79.4 Å². The Hall–Kier alpha value is -3.98. The lowest BCUT2D eigenvalue weighted by atomic mass is 10.2. The third-order valence-corrected chi connectivity index (χ3v) is 4.34. The van der Waals surface area contributed by atoms with Gasteiger partial charge in [0.05, 0.1) is 29.6 Å². The molecule has 6 nitrogen and oxygen atoms in total. The zero-order valence-corrected chi connectivity index (χ0v) is 15.4. The molecule has 4 aromatic rings. The lowest BCUT2D eigenvalue weighted by Gasteiger charge is -2.06. The molecular weight excluding hydrogens is 348 g/mol. The van der Waals surface area contributed by atoms with Gasteiger partial charge in [0.25, 0.3) is 0 Å². The maximum atomic E-state index is 8.90. The fraction of sp³-hybridized carbons (Fsp3) is 0.0909. The third kappa shape index (κ3) is 3.89. The Morgan fingerprint density at radius 1 is 1.04 bits per heavy atom. The molecule has 0 aliphatic heterocycles. The van der Waals surface area contributed by atoms with Gasteiger partial charge < -0.3 is 5.32 Å². The van der Waals surface area contributed by atoms with Crippen molar-refractivity contribution < 1.29 is 0 Å². The number of rotatable bonds is 5. The van der Waals surface area contributed by atoms with E-state index < -0.39 is 0 Å². The third-order valence-electron chi connectivity index (χ3n) is 4.34. The van der Waals surface area contributed by atoms with E-state index in [9.17, 15) is 0 Å². The summed E-state index contributed by atoms with van der Waals surface area (Å²) in [7, 11) is 0. The van der Waals surface area contributed by atoms with E-state index in [-0.39, 0.29) is 0 Å². The summed E-state index contributed by atoms with van der Waals surface area (Å²) in [6.07, 6.45) is 3.73.